The minimum atomic E-state index is -0.184. The van der Waals surface area contributed by atoms with Crippen LogP contribution >= 0.6 is 11.6 Å². The van der Waals surface area contributed by atoms with Gasteiger partial charge in [-0.05, 0) is 6.42 Å². The van der Waals surface area contributed by atoms with Crippen molar-refractivity contribution in [3.63, 3.8) is 0 Å². The monoisotopic (exact) mass is 92.0 g/mol. The van der Waals surface area contributed by atoms with Crippen molar-refractivity contribution in [1.82, 2.24) is 0 Å². The molecule has 0 amide bonds. The Morgan fingerprint density at radius 2 is 2.00 bits per heavy atom. The SMILES string of the molecule is O[C@@H]1C[C@@H]1Cl. The van der Waals surface area contributed by atoms with Crippen LogP contribution in [0.4, 0.5) is 0 Å². The molecule has 0 aromatic heterocycles. The maximum absolute atomic E-state index is 8.30. The Morgan fingerprint density at radius 3 is 2.00 bits per heavy atom. The number of aliphatic hydroxyl groups excluding tert-OH is 1. The minimum absolute atomic E-state index is 0.0787. The molecular formula is C3H5ClO. The van der Waals surface area contributed by atoms with Crippen LogP contribution in [0.1, 0.15) is 6.42 Å². The molecule has 2 heteroatoms. The Labute approximate surface area is 35.6 Å². The first-order valence-electron chi connectivity index (χ1n) is 1.63. The molecule has 1 saturated carbocycles. The van der Waals surface area contributed by atoms with Crippen molar-refractivity contribution in [2.75, 3.05) is 0 Å². The van der Waals surface area contributed by atoms with E-state index in [0.717, 1.165) is 6.42 Å². The summed E-state index contributed by atoms with van der Waals surface area (Å²) in [5.74, 6) is 0. The van der Waals surface area contributed by atoms with Gasteiger partial charge in [0.05, 0.1) is 11.5 Å². The van der Waals surface area contributed by atoms with Gasteiger partial charge in [0.15, 0.2) is 0 Å². The van der Waals surface area contributed by atoms with E-state index in [4.69, 9.17) is 16.7 Å². The summed E-state index contributed by atoms with van der Waals surface area (Å²) in [5, 5.41) is 8.38. The van der Waals surface area contributed by atoms with Crippen LogP contribution in [0.25, 0.3) is 0 Å². The number of hydrogen-bond acceptors (Lipinski definition) is 1. The average molecular weight is 92.5 g/mol. The third kappa shape index (κ3) is 0.551. The van der Waals surface area contributed by atoms with E-state index in [1.54, 1.807) is 0 Å². The molecule has 0 radical (unpaired) electrons. The van der Waals surface area contributed by atoms with Crippen molar-refractivity contribution in [1.29, 1.82) is 0 Å². The fourth-order valence-electron chi connectivity index (χ4n) is 0.152. The number of halogens is 1. The largest absolute Gasteiger partial charge is 0.392 e. The number of hydrogen-bond donors (Lipinski definition) is 1. The molecule has 0 unspecified atom stereocenters. The fourth-order valence-corrected chi connectivity index (χ4v) is 0.335. The van der Waals surface area contributed by atoms with Crippen molar-refractivity contribution >= 4 is 11.6 Å². The Bertz CT molecular complexity index is 40.2. The maximum atomic E-state index is 8.30. The molecule has 0 heterocycles. The lowest BCUT2D eigenvalue weighted by Gasteiger charge is -1.66. The third-order valence-corrected chi connectivity index (χ3v) is 1.15. The lowest BCUT2D eigenvalue weighted by Crippen LogP contribution is -1.77. The molecule has 0 bridgehead atoms. The molecule has 1 aliphatic rings. The summed E-state index contributed by atoms with van der Waals surface area (Å²) in [6.07, 6.45) is 0.610. The second-order valence-electron chi connectivity index (χ2n) is 1.32. The summed E-state index contributed by atoms with van der Waals surface area (Å²) in [6.45, 7) is 0. The van der Waals surface area contributed by atoms with E-state index in [-0.39, 0.29) is 11.5 Å². The average Bonchev–Trinajstić information content (AvgIpc) is 1.79. The summed E-state index contributed by atoms with van der Waals surface area (Å²) in [6, 6.07) is 0. The van der Waals surface area contributed by atoms with Crippen LogP contribution in [-0.4, -0.2) is 16.6 Å². The van der Waals surface area contributed by atoms with Gasteiger partial charge >= 0.3 is 0 Å². The van der Waals surface area contributed by atoms with Gasteiger partial charge in [0.25, 0.3) is 0 Å². The van der Waals surface area contributed by atoms with Crippen LogP contribution in [0.5, 0.6) is 0 Å². The van der Waals surface area contributed by atoms with Gasteiger partial charge in [-0.2, -0.15) is 0 Å². The Balaban J connectivity index is 2.20. The van der Waals surface area contributed by atoms with Gasteiger partial charge in [-0.25, -0.2) is 0 Å². The first kappa shape index (κ1) is 3.44. The second-order valence-corrected chi connectivity index (χ2v) is 1.88. The summed E-state index contributed by atoms with van der Waals surface area (Å²) in [4.78, 5) is 0. The zero-order valence-electron chi connectivity index (χ0n) is 2.69. The Kier molecular flexibility index (Phi) is 0.588. The lowest BCUT2D eigenvalue weighted by atomic mass is 10.9. The van der Waals surface area contributed by atoms with E-state index in [9.17, 15) is 0 Å². The molecule has 1 N–H and O–H groups in total. The molecule has 2 atom stereocenters. The van der Waals surface area contributed by atoms with Crippen LogP contribution in [-0.2, 0) is 0 Å². The molecule has 0 aliphatic heterocycles. The zero-order valence-corrected chi connectivity index (χ0v) is 3.44. The van der Waals surface area contributed by atoms with E-state index < -0.39 is 0 Å². The lowest BCUT2D eigenvalue weighted by molar-refractivity contribution is 0.280. The second kappa shape index (κ2) is 0.854. The molecule has 1 nitrogen and oxygen atoms in total. The van der Waals surface area contributed by atoms with Crippen molar-refractivity contribution < 1.29 is 5.11 Å². The van der Waals surface area contributed by atoms with Crippen LogP contribution in [0.3, 0.4) is 0 Å². The van der Waals surface area contributed by atoms with Gasteiger partial charge in [-0.3, -0.25) is 0 Å². The van der Waals surface area contributed by atoms with Crippen molar-refractivity contribution in [2.45, 2.75) is 17.9 Å². The van der Waals surface area contributed by atoms with Gasteiger partial charge in [0.1, 0.15) is 0 Å². The van der Waals surface area contributed by atoms with E-state index in [0.29, 0.717) is 0 Å². The molecule has 0 aromatic carbocycles. The molecule has 0 saturated heterocycles. The van der Waals surface area contributed by atoms with Crippen molar-refractivity contribution in [2.24, 2.45) is 0 Å². The van der Waals surface area contributed by atoms with E-state index in [1.807, 2.05) is 0 Å². The maximum Gasteiger partial charge on any atom is 0.0719 e. The van der Waals surface area contributed by atoms with Crippen LogP contribution in [0, 0.1) is 0 Å². The van der Waals surface area contributed by atoms with Crippen LogP contribution < -0.4 is 0 Å². The van der Waals surface area contributed by atoms with Gasteiger partial charge in [0.2, 0.25) is 0 Å². The Hall–Kier alpha value is 0.250. The molecule has 0 spiro atoms. The fraction of sp³-hybridized carbons (Fsp3) is 1.00. The third-order valence-electron chi connectivity index (χ3n) is 0.681. The van der Waals surface area contributed by atoms with E-state index >= 15 is 0 Å². The summed E-state index contributed by atoms with van der Waals surface area (Å²) >= 11 is 5.29. The number of alkyl halides is 1. The molecule has 5 heavy (non-hydrogen) atoms. The number of aliphatic hydroxyl groups is 1. The summed E-state index contributed by atoms with van der Waals surface area (Å²) in [7, 11) is 0. The quantitative estimate of drug-likeness (QED) is 0.428. The molecule has 30 valence electrons. The normalized spacial score (nSPS) is 49.2. The van der Waals surface area contributed by atoms with Gasteiger partial charge in [0, 0.05) is 0 Å². The molecular weight excluding hydrogens is 87.5 g/mol. The smallest absolute Gasteiger partial charge is 0.0719 e. The molecule has 0 aromatic rings. The predicted octanol–water partition coefficient (Wildman–Crippen LogP) is 0.358. The number of rotatable bonds is 0. The van der Waals surface area contributed by atoms with Crippen molar-refractivity contribution in [3.8, 4) is 0 Å². The zero-order chi connectivity index (χ0) is 3.86. The minimum Gasteiger partial charge on any atom is -0.392 e. The van der Waals surface area contributed by atoms with E-state index in [2.05, 4.69) is 0 Å². The highest BCUT2D eigenvalue weighted by molar-refractivity contribution is 6.22. The van der Waals surface area contributed by atoms with Gasteiger partial charge in [-0.1, -0.05) is 0 Å². The highest BCUT2D eigenvalue weighted by Gasteiger charge is 2.32. The standard InChI is InChI=1S/C3H5ClO/c4-2-1-3(2)5/h2-3,5H,1H2/t2-,3+/m0/s1. The van der Waals surface area contributed by atoms with E-state index in [1.165, 1.54) is 0 Å². The first-order valence-corrected chi connectivity index (χ1v) is 2.06. The topological polar surface area (TPSA) is 20.2 Å². The highest BCUT2D eigenvalue weighted by atomic mass is 35.5. The molecule has 1 aliphatic carbocycles. The predicted molar refractivity (Wildman–Crippen MR) is 20.3 cm³/mol. The molecule has 1 rings (SSSR count). The molecule has 1 fully saturated rings. The van der Waals surface area contributed by atoms with Gasteiger partial charge < -0.3 is 5.11 Å². The van der Waals surface area contributed by atoms with Crippen LogP contribution in [0.15, 0.2) is 0 Å². The first-order chi connectivity index (χ1) is 2.30. The summed E-state index contributed by atoms with van der Waals surface area (Å²) in [5.41, 5.74) is 0. The highest BCUT2D eigenvalue weighted by Crippen LogP contribution is 2.26. The van der Waals surface area contributed by atoms with Crippen molar-refractivity contribution in [3.05, 3.63) is 0 Å². The summed E-state index contributed by atoms with van der Waals surface area (Å²) < 4.78 is 0. The van der Waals surface area contributed by atoms with Crippen LogP contribution in [0.2, 0.25) is 0 Å². The van der Waals surface area contributed by atoms with Gasteiger partial charge in [-0.15, -0.1) is 11.6 Å². The Morgan fingerprint density at radius 1 is 1.80 bits per heavy atom.